The standard InChI is InChI=1S/C20H19FO3/c1-23-12-19(20(22)24-2)16-9-4-3-8-15(16)18-11-17(18)13-6-5-7-14(21)10-13/h3-10,12,17-18H,11H2,1-2H3/b19-12+/t17-,18-/m0/s1. The lowest BCUT2D eigenvalue weighted by Gasteiger charge is -2.11. The molecule has 0 aromatic heterocycles. The molecule has 124 valence electrons. The van der Waals surface area contributed by atoms with Crippen LogP contribution in [0.5, 0.6) is 0 Å². The van der Waals surface area contributed by atoms with Crippen molar-refractivity contribution in [2.45, 2.75) is 18.3 Å². The Hall–Kier alpha value is -2.62. The highest BCUT2D eigenvalue weighted by Crippen LogP contribution is 2.56. The van der Waals surface area contributed by atoms with E-state index in [1.807, 2.05) is 30.3 Å². The molecule has 2 aromatic rings. The van der Waals surface area contributed by atoms with Gasteiger partial charge in [-0.2, -0.15) is 0 Å². The van der Waals surface area contributed by atoms with Gasteiger partial charge in [0.15, 0.2) is 0 Å². The predicted molar refractivity (Wildman–Crippen MR) is 89.9 cm³/mol. The number of benzene rings is 2. The molecule has 0 heterocycles. The van der Waals surface area contributed by atoms with E-state index >= 15 is 0 Å². The highest BCUT2D eigenvalue weighted by Gasteiger charge is 2.41. The van der Waals surface area contributed by atoms with Gasteiger partial charge in [0.05, 0.1) is 20.5 Å². The molecule has 2 atom stereocenters. The molecule has 1 aliphatic carbocycles. The molecule has 0 saturated heterocycles. The van der Waals surface area contributed by atoms with Crippen molar-refractivity contribution in [1.82, 2.24) is 0 Å². The fraction of sp³-hybridized carbons (Fsp3) is 0.250. The Morgan fingerprint density at radius 1 is 1.12 bits per heavy atom. The molecule has 0 radical (unpaired) electrons. The number of esters is 1. The molecule has 2 aromatic carbocycles. The highest BCUT2D eigenvalue weighted by atomic mass is 19.1. The van der Waals surface area contributed by atoms with E-state index in [1.165, 1.54) is 26.5 Å². The smallest absolute Gasteiger partial charge is 0.341 e. The zero-order valence-corrected chi connectivity index (χ0v) is 13.7. The maximum absolute atomic E-state index is 13.5. The second-order valence-electron chi connectivity index (χ2n) is 5.85. The Kier molecular flexibility index (Phi) is 4.65. The second-order valence-corrected chi connectivity index (χ2v) is 5.85. The molecular formula is C20H19FO3. The van der Waals surface area contributed by atoms with Crippen molar-refractivity contribution in [2.24, 2.45) is 0 Å². The minimum absolute atomic E-state index is 0.221. The van der Waals surface area contributed by atoms with Gasteiger partial charge in [0.1, 0.15) is 11.4 Å². The van der Waals surface area contributed by atoms with Gasteiger partial charge in [-0.3, -0.25) is 0 Å². The number of rotatable bonds is 5. The zero-order chi connectivity index (χ0) is 17.1. The van der Waals surface area contributed by atoms with Crippen molar-refractivity contribution in [3.8, 4) is 0 Å². The van der Waals surface area contributed by atoms with Crippen molar-refractivity contribution in [2.75, 3.05) is 14.2 Å². The first-order chi connectivity index (χ1) is 11.7. The topological polar surface area (TPSA) is 35.5 Å². The number of methoxy groups -OCH3 is 2. The molecule has 1 saturated carbocycles. The van der Waals surface area contributed by atoms with Gasteiger partial charge in [0.25, 0.3) is 0 Å². The summed E-state index contributed by atoms with van der Waals surface area (Å²) in [6.07, 6.45) is 2.34. The van der Waals surface area contributed by atoms with Crippen LogP contribution in [0.1, 0.15) is 34.9 Å². The summed E-state index contributed by atoms with van der Waals surface area (Å²) < 4.78 is 23.4. The summed E-state index contributed by atoms with van der Waals surface area (Å²) in [6.45, 7) is 0. The van der Waals surface area contributed by atoms with Gasteiger partial charge < -0.3 is 9.47 Å². The number of hydrogen-bond donors (Lipinski definition) is 0. The third-order valence-corrected chi connectivity index (χ3v) is 4.36. The normalized spacial score (nSPS) is 19.7. The van der Waals surface area contributed by atoms with E-state index in [9.17, 15) is 9.18 Å². The largest absolute Gasteiger partial charge is 0.503 e. The Morgan fingerprint density at radius 3 is 2.62 bits per heavy atom. The van der Waals surface area contributed by atoms with Crippen LogP contribution in [0.2, 0.25) is 0 Å². The van der Waals surface area contributed by atoms with E-state index < -0.39 is 5.97 Å². The number of halogens is 1. The van der Waals surface area contributed by atoms with Crippen molar-refractivity contribution < 1.29 is 18.7 Å². The average Bonchev–Trinajstić information content (AvgIpc) is 3.40. The van der Waals surface area contributed by atoms with Crippen molar-refractivity contribution >= 4 is 11.5 Å². The van der Waals surface area contributed by atoms with E-state index in [4.69, 9.17) is 9.47 Å². The molecule has 1 fully saturated rings. The summed E-state index contributed by atoms with van der Waals surface area (Å²) in [6, 6.07) is 14.4. The molecule has 4 heteroatoms. The van der Waals surface area contributed by atoms with Gasteiger partial charge >= 0.3 is 5.97 Å². The monoisotopic (exact) mass is 326 g/mol. The lowest BCUT2D eigenvalue weighted by atomic mass is 9.95. The highest BCUT2D eigenvalue weighted by molar-refractivity contribution is 6.16. The third-order valence-electron chi connectivity index (χ3n) is 4.36. The van der Waals surface area contributed by atoms with E-state index in [0.29, 0.717) is 5.57 Å². The molecule has 0 unspecified atom stereocenters. The molecule has 0 aliphatic heterocycles. The minimum atomic E-state index is -0.438. The summed E-state index contributed by atoms with van der Waals surface area (Å²) in [5, 5.41) is 0. The van der Waals surface area contributed by atoms with E-state index in [1.54, 1.807) is 12.1 Å². The van der Waals surface area contributed by atoms with Gasteiger partial charge in [-0.25, -0.2) is 9.18 Å². The molecule has 0 N–H and O–H groups in total. The molecule has 0 bridgehead atoms. The Bertz CT molecular complexity index is 782. The minimum Gasteiger partial charge on any atom is -0.503 e. The van der Waals surface area contributed by atoms with E-state index in [-0.39, 0.29) is 17.7 Å². The third kappa shape index (κ3) is 3.18. The molecule has 0 spiro atoms. The van der Waals surface area contributed by atoms with Crippen LogP contribution in [-0.2, 0) is 14.3 Å². The average molecular weight is 326 g/mol. The van der Waals surface area contributed by atoms with Crippen LogP contribution in [0.15, 0.2) is 54.8 Å². The molecule has 1 aliphatic rings. The maximum atomic E-state index is 13.5. The summed E-state index contributed by atoms with van der Waals surface area (Å²) >= 11 is 0. The van der Waals surface area contributed by atoms with Crippen LogP contribution in [0.4, 0.5) is 4.39 Å². The maximum Gasteiger partial charge on any atom is 0.341 e. The van der Waals surface area contributed by atoms with Gasteiger partial charge in [0, 0.05) is 0 Å². The Labute approximate surface area is 140 Å². The van der Waals surface area contributed by atoms with Crippen LogP contribution >= 0.6 is 0 Å². The molecule has 3 nitrogen and oxygen atoms in total. The van der Waals surface area contributed by atoms with Crippen LogP contribution in [0.25, 0.3) is 5.57 Å². The molecular weight excluding hydrogens is 307 g/mol. The summed E-state index contributed by atoms with van der Waals surface area (Å²) in [5.74, 6) is -0.135. The summed E-state index contributed by atoms with van der Waals surface area (Å²) in [4.78, 5) is 12.1. The van der Waals surface area contributed by atoms with Crippen molar-refractivity contribution in [1.29, 1.82) is 0 Å². The van der Waals surface area contributed by atoms with Crippen LogP contribution < -0.4 is 0 Å². The molecule has 3 rings (SSSR count). The van der Waals surface area contributed by atoms with Gasteiger partial charge in [-0.15, -0.1) is 0 Å². The lowest BCUT2D eigenvalue weighted by Crippen LogP contribution is -2.06. The Morgan fingerprint density at radius 2 is 1.92 bits per heavy atom. The summed E-state index contributed by atoms with van der Waals surface area (Å²) in [7, 11) is 2.85. The molecule has 24 heavy (non-hydrogen) atoms. The van der Waals surface area contributed by atoms with E-state index in [2.05, 4.69) is 0 Å². The first-order valence-corrected chi connectivity index (χ1v) is 7.81. The fourth-order valence-corrected chi connectivity index (χ4v) is 3.16. The second kappa shape index (κ2) is 6.87. The van der Waals surface area contributed by atoms with E-state index in [0.717, 1.165) is 23.1 Å². The molecule has 0 amide bonds. The fourth-order valence-electron chi connectivity index (χ4n) is 3.16. The van der Waals surface area contributed by atoms with Gasteiger partial charge in [-0.05, 0) is 47.1 Å². The Balaban J connectivity index is 1.94. The van der Waals surface area contributed by atoms with Gasteiger partial charge in [-0.1, -0.05) is 36.4 Å². The number of carbonyl (C=O) groups is 1. The number of ether oxygens (including phenoxy) is 2. The SMILES string of the molecule is CO/C=C(/C(=O)OC)c1ccccc1[C@@H]1C[C@H]1c1cccc(F)c1. The van der Waals surface area contributed by atoms with Gasteiger partial charge in [0.2, 0.25) is 0 Å². The van der Waals surface area contributed by atoms with Crippen LogP contribution in [0, 0.1) is 5.82 Å². The zero-order valence-electron chi connectivity index (χ0n) is 13.7. The van der Waals surface area contributed by atoms with Crippen LogP contribution in [-0.4, -0.2) is 20.2 Å². The quantitative estimate of drug-likeness (QED) is 0.468. The first-order valence-electron chi connectivity index (χ1n) is 7.81. The number of carbonyl (C=O) groups excluding carboxylic acids is 1. The van der Waals surface area contributed by atoms with Crippen molar-refractivity contribution in [3.05, 3.63) is 77.3 Å². The predicted octanol–water partition coefficient (Wildman–Crippen LogP) is 4.26. The number of hydrogen-bond acceptors (Lipinski definition) is 3. The van der Waals surface area contributed by atoms with Crippen LogP contribution in [0.3, 0.4) is 0 Å². The first kappa shape index (κ1) is 16.2. The summed E-state index contributed by atoms with van der Waals surface area (Å²) in [5.41, 5.74) is 3.24. The van der Waals surface area contributed by atoms with Crippen molar-refractivity contribution in [3.63, 3.8) is 0 Å². The lowest BCUT2D eigenvalue weighted by molar-refractivity contribution is -0.133.